The van der Waals surface area contributed by atoms with Gasteiger partial charge in [0.05, 0.1) is 24.4 Å². The summed E-state index contributed by atoms with van der Waals surface area (Å²) in [5.74, 6) is 1.47. The molecule has 4 heterocycles. The minimum atomic E-state index is -0.144. The van der Waals surface area contributed by atoms with E-state index in [4.69, 9.17) is 4.42 Å². The molecule has 6 nitrogen and oxygen atoms in total. The van der Waals surface area contributed by atoms with Gasteiger partial charge in [-0.15, -0.1) is 11.3 Å². The molecule has 4 aromatic heterocycles. The number of furan rings is 1. The SMILES string of the molecule is Cc1cc(/C=N\n2c(C)nc3sccc3c2=O)c(C)n1Cc1ccco1. The van der Waals surface area contributed by atoms with Gasteiger partial charge in [0.2, 0.25) is 0 Å². The molecule has 4 rings (SSSR count). The summed E-state index contributed by atoms with van der Waals surface area (Å²) in [6.45, 7) is 6.54. The molecule has 0 saturated carbocycles. The Bertz CT molecular complexity index is 1160. The number of thiophene rings is 1. The van der Waals surface area contributed by atoms with Crippen molar-refractivity contribution in [3.63, 3.8) is 0 Å². The van der Waals surface area contributed by atoms with Crippen LogP contribution in [0.2, 0.25) is 0 Å². The Labute approximate surface area is 154 Å². The second-order valence-electron chi connectivity index (χ2n) is 6.15. The zero-order chi connectivity index (χ0) is 18.3. The van der Waals surface area contributed by atoms with E-state index in [0.29, 0.717) is 17.8 Å². The molecular weight excluding hydrogens is 348 g/mol. The largest absolute Gasteiger partial charge is 0.467 e. The minimum Gasteiger partial charge on any atom is -0.467 e. The molecule has 0 saturated heterocycles. The van der Waals surface area contributed by atoms with Crippen LogP contribution in [0, 0.1) is 20.8 Å². The highest BCUT2D eigenvalue weighted by molar-refractivity contribution is 7.16. The maximum Gasteiger partial charge on any atom is 0.282 e. The van der Waals surface area contributed by atoms with E-state index >= 15 is 0 Å². The van der Waals surface area contributed by atoms with Gasteiger partial charge in [-0.1, -0.05) is 0 Å². The van der Waals surface area contributed by atoms with Crippen molar-refractivity contribution in [2.75, 3.05) is 0 Å². The summed E-state index contributed by atoms with van der Waals surface area (Å²) in [5.41, 5.74) is 2.99. The highest BCUT2D eigenvalue weighted by atomic mass is 32.1. The molecule has 0 unspecified atom stereocenters. The Balaban J connectivity index is 1.71. The van der Waals surface area contributed by atoms with E-state index in [1.54, 1.807) is 25.5 Å². The van der Waals surface area contributed by atoms with Crippen LogP contribution < -0.4 is 5.56 Å². The zero-order valence-corrected chi connectivity index (χ0v) is 15.6. The zero-order valence-electron chi connectivity index (χ0n) is 14.8. The summed E-state index contributed by atoms with van der Waals surface area (Å²) in [4.78, 5) is 17.8. The molecule has 132 valence electrons. The van der Waals surface area contributed by atoms with Gasteiger partial charge in [-0.3, -0.25) is 4.79 Å². The van der Waals surface area contributed by atoms with Gasteiger partial charge in [0, 0.05) is 17.0 Å². The topological polar surface area (TPSA) is 65.3 Å². The van der Waals surface area contributed by atoms with E-state index in [9.17, 15) is 4.79 Å². The van der Waals surface area contributed by atoms with Crippen LogP contribution in [0.15, 0.2) is 50.2 Å². The second kappa shape index (κ2) is 6.42. The number of aryl methyl sites for hydroxylation is 2. The van der Waals surface area contributed by atoms with Crippen LogP contribution in [-0.2, 0) is 6.54 Å². The summed E-state index contributed by atoms with van der Waals surface area (Å²) >= 11 is 1.46. The molecule has 7 heteroatoms. The molecule has 26 heavy (non-hydrogen) atoms. The first kappa shape index (κ1) is 16.5. The van der Waals surface area contributed by atoms with Crippen molar-refractivity contribution < 1.29 is 4.42 Å². The lowest BCUT2D eigenvalue weighted by Gasteiger charge is -2.07. The number of rotatable bonds is 4. The Morgan fingerprint density at radius 2 is 2.15 bits per heavy atom. The van der Waals surface area contributed by atoms with E-state index in [-0.39, 0.29) is 5.56 Å². The third kappa shape index (κ3) is 2.80. The molecule has 0 spiro atoms. The molecular formula is C19H18N4O2S. The Morgan fingerprint density at radius 1 is 1.31 bits per heavy atom. The lowest BCUT2D eigenvalue weighted by molar-refractivity contribution is 0.489. The molecule has 0 atom stereocenters. The molecule has 0 aliphatic heterocycles. The van der Waals surface area contributed by atoms with Crippen LogP contribution in [-0.4, -0.2) is 20.4 Å². The van der Waals surface area contributed by atoms with Crippen LogP contribution in [0.25, 0.3) is 10.2 Å². The van der Waals surface area contributed by atoms with Crippen molar-refractivity contribution in [3.8, 4) is 0 Å². The summed E-state index contributed by atoms with van der Waals surface area (Å²) in [6.07, 6.45) is 3.39. The van der Waals surface area contributed by atoms with Crippen molar-refractivity contribution in [1.82, 2.24) is 14.2 Å². The van der Waals surface area contributed by atoms with Crippen molar-refractivity contribution >= 4 is 27.8 Å². The first-order chi connectivity index (χ1) is 12.5. The quantitative estimate of drug-likeness (QED) is 0.517. The van der Waals surface area contributed by atoms with Crippen LogP contribution in [0.3, 0.4) is 0 Å². The lowest BCUT2D eigenvalue weighted by atomic mass is 10.3. The Kier molecular flexibility index (Phi) is 4.08. The highest BCUT2D eigenvalue weighted by Crippen LogP contribution is 2.17. The lowest BCUT2D eigenvalue weighted by Crippen LogP contribution is -2.19. The van der Waals surface area contributed by atoms with Crippen LogP contribution >= 0.6 is 11.3 Å². The van der Waals surface area contributed by atoms with Gasteiger partial charge in [-0.2, -0.15) is 9.78 Å². The average molecular weight is 366 g/mol. The average Bonchev–Trinajstić information content (AvgIpc) is 3.33. The molecule has 0 amide bonds. The summed E-state index contributed by atoms with van der Waals surface area (Å²) in [7, 11) is 0. The summed E-state index contributed by atoms with van der Waals surface area (Å²) in [5, 5.41) is 6.87. The predicted octanol–water partition coefficient (Wildman–Crippen LogP) is 3.71. The van der Waals surface area contributed by atoms with Gasteiger partial charge >= 0.3 is 0 Å². The molecule has 0 bridgehead atoms. The van der Waals surface area contributed by atoms with Gasteiger partial charge in [0.1, 0.15) is 16.4 Å². The van der Waals surface area contributed by atoms with E-state index in [1.165, 1.54) is 16.0 Å². The van der Waals surface area contributed by atoms with E-state index in [0.717, 1.165) is 27.5 Å². The fourth-order valence-electron chi connectivity index (χ4n) is 3.02. The second-order valence-corrected chi connectivity index (χ2v) is 7.05. The first-order valence-electron chi connectivity index (χ1n) is 8.25. The highest BCUT2D eigenvalue weighted by Gasteiger charge is 2.11. The molecule has 0 aliphatic carbocycles. The van der Waals surface area contributed by atoms with Crippen molar-refractivity contribution in [2.45, 2.75) is 27.3 Å². The van der Waals surface area contributed by atoms with Crippen molar-refractivity contribution in [2.24, 2.45) is 5.10 Å². The Morgan fingerprint density at radius 3 is 2.92 bits per heavy atom. The summed E-state index contributed by atoms with van der Waals surface area (Å²) in [6, 6.07) is 7.68. The van der Waals surface area contributed by atoms with Gasteiger partial charge in [-0.05, 0) is 50.4 Å². The van der Waals surface area contributed by atoms with E-state index in [2.05, 4.69) is 20.7 Å². The smallest absolute Gasteiger partial charge is 0.282 e. The van der Waals surface area contributed by atoms with Gasteiger partial charge < -0.3 is 8.98 Å². The minimum absolute atomic E-state index is 0.144. The normalized spacial score (nSPS) is 11.8. The molecule has 0 fully saturated rings. The van der Waals surface area contributed by atoms with Gasteiger partial charge in [-0.25, -0.2) is 4.98 Å². The maximum absolute atomic E-state index is 12.6. The molecule has 0 aromatic carbocycles. The molecule has 0 aliphatic rings. The number of nitrogens with zero attached hydrogens (tertiary/aromatic N) is 4. The van der Waals surface area contributed by atoms with Crippen LogP contribution in [0.4, 0.5) is 0 Å². The Hall–Kier alpha value is -2.93. The third-order valence-corrected chi connectivity index (χ3v) is 5.26. The summed E-state index contributed by atoms with van der Waals surface area (Å²) < 4.78 is 8.96. The van der Waals surface area contributed by atoms with Gasteiger partial charge in [0.25, 0.3) is 5.56 Å². The predicted molar refractivity (Wildman–Crippen MR) is 103 cm³/mol. The van der Waals surface area contributed by atoms with E-state index < -0.39 is 0 Å². The number of hydrogen-bond acceptors (Lipinski definition) is 5. The van der Waals surface area contributed by atoms with Crippen LogP contribution in [0.1, 0.15) is 28.5 Å². The molecule has 0 N–H and O–H groups in total. The van der Waals surface area contributed by atoms with Crippen molar-refractivity contribution in [3.05, 3.63) is 74.8 Å². The first-order valence-corrected chi connectivity index (χ1v) is 9.13. The fourth-order valence-corrected chi connectivity index (χ4v) is 3.82. The molecule has 0 radical (unpaired) electrons. The number of aromatic nitrogens is 3. The standard InChI is InChI=1S/C19H18N4O2S/c1-12-9-15(13(2)22(12)11-16-5-4-7-25-16)10-20-23-14(3)21-18-17(19(23)24)6-8-26-18/h4-10H,11H2,1-3H3/b20-10-. The van der Waals surface area contributed by atoms with Crippen LogP contribution in [0.5, 0.6) is 0 Å². The molecule has 4 aromatic rings. The fraction of sp³-hybridized carbons (Fsp3) is 0.211. The van der Waals surface area contributed by atoms with E-state index in [1.807, 2.05) is 31.4 Å². The van der Waals surface area contributed by atoms with Crippen molar-refractivity contribution in [1.29, 1.82) is 0 Å². The third-order valence-electron chi connectivity index (χ3n) is 4.46. The monoisotopic (exact) mass is 366 g/mol. The van der Waals surface area contributed by atoms with Gasteiger partial charge in [0.15, 0.2) is 0 Å². The number of hydrogen-bond donors (Lipinski definition) is 0. The number of fused-ring (bicyclic) bond motifs is 1. The maximum atomic E-state index is 12.6.